The lowest BCUT2D eigenvalue weighted by Gasteiger charge is -2.38. The van der Waals surface area contributed by atoms with E-state index in [0.29, 0.717) is 0 Å². The van der Waals surface area contributed by atoms with E-state index in [9.17, 15) is 32.3 Å². The van der Waals surface area contributed by atoms with Gasteiger partial charge in [0.05, 0.1) is 12.5 Å². The molecule has 1 aromatic rings. The van der Waals surface area contributed by atoms with Gasteiger partial charge in [0, 0.05) is 13.1 Å². The van der Waals surface area contributed by atoms with Crippen molar-refractivity contribution in [3.05, 3.63) is 35.9 Å². The van der Waals surface area contributed by atoms with E-state index in [1.165, 1.54) is 4.90 Å². The summed E-state index contributed by atoms with van der Waals surface area (Å²) < 4.78 is 31.7. The second kappa shape index (κ2) is 12.1. The van der Waals surface area contributed by atoms with Gasteiger partial charge >= 0.3 is 18.1 Å². The SMILES string of the molecule is O=C(O)C(F)(F)F.O=C(O)C[C@@H]1NC(=O)[C@@H](CNC(=O)[C@@H]2CCCN2)N(Cc2ccccc2)C1=O. The molecule has 0 unspecified atom stereocenters. The molecule has 11 nitrogen and oxygen atoms in total. The fourth-order valence-electron chi connectivity index (χ4n) is 3.54. The van der Waals surface area contributed by atoms with E-state index < -0.39 is 48.4 Å². The third-order valence-corrected chi connectivity index (χ3v) is 5.24. The Bertz CT molecular complexity index is 937. The van der Waals surface area contributed by atoms with E-state index >= 15 is 0 Å². The molecule has 3 atom stereocenters. The van der Waals surface area contributed by atoms with Crippen LogP contribution in [0.25, 0.3) is 0 Å². The summed E-state index contributed by atoms with van der Waals surface area (Å²) in [4.78, 5) is 59.0. The minimum Gasteiger partial charge on any atom is -0.481 e. The molecule has 3 amide bonds. The minimum atomic E-state index is -5.08. The number of carbonyl (C=O) groups is 5. The molecule has 1 aromatic carbocycles. The van der Waals surface area contributed by atoms with Crippen molar-refractivity contribution in [2.75, 3.05) is 13.1 Å². The Morgan fingerprint density at radius 1 is 1.11 bits per heavy atom. The molecular formula is C21H25F3N4O7. The lowest BCUT2D eigenvalue weighted by Crippen LogP contribution is -2.66. The number of aliphatic carboxylic acids is 2. The maximum absolute atomic E-state index is 12.8. The van der Waals surface area contributed by atoms with Crippen LogP contribution in [-0.2, 0) is 30.5 Å². The number of rotatable bonds is 7. The Kier molecular flexibility index (Phi) is 9.57. The first-order valence-corrected chi connectivity index (χ1v) is 10.6. The number of benzene rings is 1. The lowest BCUT2D eigenvalue weighted by molar-refractivity contribution is -0.192. The normalized spacial score (nSPS) is 22.0. The van der Waals surface area contributed by atoms with Crippen molar-refractivity contribution in [3.8, 4) is 0 Å². The second-order valence-corrected chi connectivity index (χ2v) is 7.82. The average Bonchev–Trinajstić information content (AvgIpc) is 3.32. The molecule has 0 spiro atoms. The van der Waals surface area contributed by atoms with Gasteiger partial charge in [-0.05, 0) is 24.9 Å². The number of amides is 3. The number of carboxylic acids is 2. The van der Waals surface area contributed by atoms with Crippen molar-refractivity contribution in [3.63, 3.8) is 0 Å². The summed E-state index contributed by atoms with van der Waals surface area (Å²) in [5.41, 5.74) is 0.813. The predicted molar refractivity (Wildman–Crippen MR) is 113 cm³/mol. The summed E-state index contributed by atoms with van der Waals surface area (Å²) in [6.45, 7) is 0.907. The molecule has 192 valence electrons. The Balaban J connectivity index is 0.000000540. The Hall–Kier alpha value is -3.68. The van der Waals surface area contributed by atoms with Gasteiger partial charge in [0.25, 0.3) is 0 Å². The van der Waals surface area contributed by atoms with Crippen LogP contribution in [0.3, 0.4) is 0 Å². The molecule has 2 aliphatic rings. The standard InChI is InChI=1S/C19H24N4O5.C2HF3O2/c24-16(25)9-14-19(28)23(11-12-5-2-1-3-6-12)15(18(27)22-14)10-21-17(26)13-7-4-8-20-13;3-2(4,5)1(6)7/h1-3,5-6,13-15,20H,4,7-11H2,(H,21,26)(H,22,27)(H,24,25);(H,6,7)/t13-,14-,15+;/m0./s1. The van der Waals surface area contributed by atoms with Gasteiger partial charge in [0.2, 0.25) is 17.7 Å². The Labute approximate surface area is 197 Å². The zero-order valence-electron chi connectivity index (χ0n) is 18.4. The predicted octanol–water partition coefficient (Wildman–Crippen LogP) is -0.142. The zero-order valence-corrected chi connectivity index (χ0v) is 18.4. The van der Waals surface area contributed by atoms with E-state index in [2.05, 4.69) is 16.0 Å². The molecule has 0 aromatic heterocycles. The van der Waals surface area contributed by atoms with Crippen molar-refractivity contribution in [1.82, 2.24) is 20.9 Å². The average molecular weight is 502 g/mol. The maximum atomic E-state index is 12.8. The smallest absolute Gasteiger partial charge is 0.481 e. The van der Waals surface area contributed by atoms with E-state index in [4.69, 9.17) is 15.0 Å². The summed E-state index contributed by atoms with van der Waals surface area (Å²) in [7, 11) is 0. The highest BCUT2D eigenvalue weighted by atomic mass is 19.4. The molecule has 14 heteroatoms. The van der Waals surface area contributed by atoms with Gasteiger partial charge in [-0.25, -0.2) is 4.79 Å². The summed E-state index contributed by atoms with van der Waals surface area (Å²) >= 11 is 0. The zero-order chi connectivity index (χ0) is 26.2. The van der Waals surface area contributed by atoms with Gasteiger partial charge in [0.15, 0.2) is 0 Å². The van der Waals surface area contributed by atoms with Crippen LogP contribution in [0.2, 0.25) is 0 Å². The van der Waals surface area contributed by atoms with Crippen LogP contribution in [0.4, 0.5) is 13.2 Å². The number of halogens is 3. The number of nitrogens with zero attached hydrogens (tertiary/aromatic N) is 1. The Morgan fingerprint density at radius 2 is 1.74 bits per heavy atom. The van der Waals surface area contributed by atoms with Crippen LogP contribution in [0.15, 0.2) is 30.3 Å². The van der Waals surface area contributed by atoms with Gasteiger partial charge in [-0.3, -0.25) is 19.2 Å². The molecule has 2 saturated heterocycles. The molecule has 0 saturated carbocycles. The largest absolute Gasteiger partial charge is 0.490 e. The van der Waals surface area contributed by atoms with E-state index in [1.807, 2.05) is 30.3 Å². The van der Waals surface area contributed by atoms with Gasteiger partial charge in [-0.2, -0.15) is 13.2 Å². The molecular weight excluding hydrogens is 477 g/mol. The van der Waals surface area contributed by atoms with Gasteiger partial charge < -0.3 is 31.1 Å². The summed E-state index contributed by atoms with van der Waals surface area (Å²) in [6.07, 6.45) is -3.92. The van der Waals surface area contributed by atoms with E-state index in [-0.39, 0.29) is 25.0 Å². The second-order valence-electron chi connectivity index (χ2n) is 7.82. The minimum absolute atomic E-state index is 0.0266. The Morgan fingerprint density at radius 3 is 2.26 bits per heavy atom. The van der Waals surface area contributed by atoms with Crippen molar-refractivity contribution >= 4 is 29.7 Å². The number of hydrogen-bond donors (Lipinski definition) is 5. The van der Waals surface area contributed by atoms with Crippen LogP contribution >= 0.6 is 0 Å². The van der Waals surface area contributed by atoms with Crippen molar-refractivity contribution in [2.45, 2.75) is 50.1 Å². The van der Waals surface area contributed by atoms with Crippen molar-refractivity contribution in [2.24, 2.45) is 0 Å². The topological polar surface area (TPSA) is 165 Å². The molecule has 5 N–H and O–H groups in total. The highest BCUT2D eigenvalue weighted by molar-refractivity contribution is 5.99. The molecule has 2 heterocycles. The van der Waals surface area contributed by atoms with Gasteiger partial charge in [-0.15, -0.1) is 0 Å². The highest BCUT2D eigenvalue weighted by Crippen LogP contribution is 2.17. The van der Waals surface area contributed by atoms with Crippen LogP contribution in [0.5, 0.6) is 0 Å². The van der Waals surface area contributed by atoms with Gasteiger partial charge in [0.1, 0.15) is 12.1 Å². The number of hydrogen-bond acceptors (Lipinski definition) is 6. The third kappa shape index (κ3) is 8.24. The molecule has 0 radical (unpaired) electrons. The number of nitrogens with one attached hydrogen (secondary N) is 3. The summed E-state index contributed by atoms with van der Waals surface area (Å²) in [5, 5.41) is 24.5. The summed E-state index contributed by atoms with van der Waals surface area (Å²) in [6, 6.07) is 6.83. The highest BCUT2D eigenvalue weighted by Gasteiger charge is 2.41. The fraction of sp³-hybridized carbons (Fsp3) is 0.476. The van der Waals surface area contributed by atoms with Crippen LogP contribution in [-0.4, -0.2) is 82.2 Å². The first-order valence-electron chi connectivity index (χ1n) is 10.6. The van der Waals surface area contributed by atoms with Crippen LogP contribution in [0.1, 0.15) is 24.8 Å². The number of carboxylic acid groups (broad SMARTS) is 2. The number of piperazine rings is 1. The van der Waals surface area contributed by atoms with Crippen molar-refractivity contribution in [1.29, 1.82) is 0 Å². The van der Waals surface area contributed by atoms with Crippen molar-refractivity contribution < 1.29 is 47.4 Å². The summed E-state index contributed by atoms with van der Waals surface area (Å²) in [5.74, 6) is -5.07. The molecule has 0 aliphatic carbocycles. The quantitative estimate of drug-likeness (QED) is 0.344. The maximum Gasteiger partial charge on any atom is 0.490 e. The first-order chi connectivity index (χ1) is 16.4. The lowest BCUT2D eigenvalue weighted by atomic mass is 10.0. The molecule has 0 bridgehead atoms. The first kappa shape index (κ1) is 27.6. The fourth-order valence-corrected chi connectivity index (χ4v) is 3.54. The van der Waals surface area contributed by atoms with Gasteiger partial charge in [-0.1, -0.05) is 30.3 Å². The molecule has 2 aliphatic heterocycles. The third-order valence-electron chi connectivity index (χ3n) is 5.24. The van der Waals surface area contributed by atoms with E-state index in [1.54, 1.807) is 0 Å². The van der Waals surface area contributed by atoms with Crippen LogP contribution < -0.4 is 16.0 Å². The molecule has 3 rings (SSSR count). The van der Waals surface area contributed by atoms with Crippen LogP contribution in [0, 0.1) is 0 Å². The molecule has 35 heavy (non-hydrogen) atoms. The van der Waals surface area contributed by atoms with E-state index in [0.717, 1.165) is 24.9 Å². The monoisotopic (exact) mass is 502 g/mol. The number of alkyl halides is 3. The number of carbonyl (C=O) groups excluding carboxylic acids is 3. The molecule has 2 fully saturated rings.